The number of rotatable bonds is 2. The van der Waals surface area contributed by atoms with Crippen molar-refractivity contribution in [2.24, 2.45) is 0 Å². The summed E-state index contributed by atoms with van der Waals surface area (Å²) in [5.74, 6) is -1.64. The molecule has 0 aliphatic heterocycles. The summed E-state index contributed by atoms with van der Waals surface area (Å²) in [4.78, 5) is 81.9. The van der Waals surface area contributed by atoms with Crippen LogP contribution >= 0.6 is 0 Å². The van der Waals surface area contributed by atoms with Crippen molar-refractivity contribution in [2.45, 2.75) is 13.8 Å². The van der Waals surface area contributed by atoms with E-state index < -0.39 is 33.7 Å². The molecule has 0 saturated heterocycles. The van der Waals surface area contributed by atoms with Crippen LogP contribution in [0.3, 0.4) is 0 Å². The van der Waals surface area contributed by atoms with Gasteiger partial charge in [0.25, 0.3) is 0 Å². The molecule has 7 aromatic rings. The molecule has 0 aliphatic rings. The Morgan fingerprint density at radius 3 is 0.905 bits per heavy atom. The van der Waals surface area contributed by atoms with Crippen LogP contribution in [0, 0.1) is 0 Å². The maximum absolute atomic E-state index is 14.3. The molecule has 0 saturated carbocycles. The number of hydrogen-bond acceptors (Lipinski definition) is 8. The average Bonchev–Trinajstić information content (AvgIpc) is 2.98. The Morgan fingerprint density at radius 2 is 0.643 bits per heavy atom. The SMILES string of the molecule is CC(=O)Oc1c2ccccc2c(OC(C)=O)c2c1c1c(=O)c3ccccc3c(=O)c1c1c(=O)c3ccccc3c(=O)c21. The first-order chi connectivity index (χ1) is 20.2. The molecule has 7 aromatic carbocycles. The first-order valence-corrected chi connectivity index (χ1v) is 13.0. The average molecular weight is 555 g/mol. The van der Waals surface area contributed by atoms with Crippen LogP contribution in [0.4, 0.5) is 0 Å². The van der Waals surface area contributed by atoms with Crippen LogP contribution in [0.25, 0.3) is 64.6 Å². The van der Waals surface area contributed by atoms with Gasteiger partial charge < -0.3 is 9.47 Å². The van der Waals surface area contributed by atoms with E-state index in [2.05, 4.69) is 0 Å². The molecule has 42 heavy (non-hydrogen) atoms. The first kappa shape index (κ1) is 25.2. The predicted molar refractivity (Wildman–Crippen MR) is 162 cm³/mol. The zero-order chi connectivity index (χ0) is 29.4. The van der Waals surface area contributed by atoms with E-state index in [1.165, 1.54) is 38.1 Å². The lowest BCUT2D eigenvalue weighted by molar-refractivity contribution is -0.132. The molecule has 0 unspecified atom stereocenters. The highest BCUT2D eigenvalue weighted by Gasteiger charge is 2.29. The van der Waals surface area contributed by atoms with Gasteiger partial charge in [-0.2, -0.15) is 0 Å². The summed E-state index contributed by atoms with van der Waals surface area (Å²) in [6, 6.07) is 18.9. The molecule has 0 aromatic heterocycles. The van der Waals surface area contributed by atoms with E-state index in [-0.39, 0.29) is 65.4 Å². The Balaban J connectivity index is 2.03. The molecule has 0 aliphatic carbocycles. The summed E-state index contributed by atoms with van der Waals surface area (Å²) in [6.07, 6.45) is 0. The largest absolute Gasteiger partial charge is 0.425 e. The maximum Gasteiger partial charge on any atom is 0.308 e. The Labute approximate surface area is 234 Å². The van der Waals surface area contributed by atoms with E-state index in [0.29, 0.717) is 10.8 Å². The van der Waals surface area contributed by atoms with Gasteiger partial charge in [-0.1, -0.05) is 72.8 Å². The summed E-state index contributed by atoms with van der Waals surface area (Å²) in [5.41, 5.74) is -2.47. The smallest absolute Gasteiger partial charge is 0.308 e. The summed E-state index contributed by atoms with van der Waals surface area (Å²) >= 11 is 0. The van der Waals surface area contributed by atoms with Gasteiger partial charge in [0.1, 0.15) is 11.5 Å². The molecule has 0 radical (unpaired) electrons. The topological polar surface area (TPSA) is 121 Å². The molecule has 0 bridgehead atoms. The van der Waals surface area contributed by atoms with Gasteiger partial charge in [-0.3, -0.25) is 28.8 Å². The Bertz CT molecular complexity index is 2430. The second kappa shape index (κ2) is 8.87. The lowest BCUT2D eigenvalue weighted by Crippen LogP contribution is -2.20. The minimum Gasteiger partial charge on any atom is -0.425 e. The summed E-state index contributed by atoms with van der Waals surface area (Å²) < 4.78 is 11.4. The molecule has 0 spiro atoms. The van der Waals surface area contributed by atoms with Gasteiger partial charge in [-0.05, 0) is 0 Å². The van der Waals surface area contributed by atoms with Gasteiger partial charge in [0.2, 0.25) is 0 Å². The van der Waals surface area contributed by atoms with E-state index in [4.69, 9.17) is 9.47 Å². The van der Waals surface area contributed by atoms with Crippen molar-refractivity contribution in [3.05, 3.63) is 114 Å². The molecule has 202 valence electrons. The molecular weight excluding hydrogens is 536 g/mol. The fraction of sp³-hybridized carbons (Fsp3) is 0.0588. The van der Waals surface area contributed by atoms with Crippen molar-refractivity contribution in [1.29, 1.82) is 0 Å². The molecule has 0 heterocycles. The standard InChI is InChI=1S/C34H18O8/c1-15(35)41-33-21-13-7-8-14-22(21)34(42-16(2)36)28-26-24(30(38)18-10-4-6-12-20(18)32(26)40)23-25(27(28)33)31(39)19-11-5-3-9-17(19)29(23)37/h3-14H,1-2H3. The second-order valence-electron chi connectivity index (χ2n) is 10.0. The Hall–Kier alpha value is -5.76. The zero-order valence-corrected chi connectivity index (χ0v) is 22.2. The lowest BCUT2D eigenvalue weighted by Gasteiger charge is -2.19. The number of fused-ring (bicyclic) bond motifs is 9. The fourth-order valence-corrected chi connectivity index (χ4v) is 6.06. The van der Waals surface area contributed by atoms with Gasteiger partial charge in [0.15, 0.2) is 21.7 Å². The molecule has 8 nitrogen and oxygen atoms in total. The van der Waals surface area contributed by atoms with Crippen molar-refractivity contribution >= 4 is 76.6 Å². The van der Waals surface area contributed by atoms with Gasteiger partial charge >= 0.3 is 11.9 Å². The van der Waals surface area contributed by atoms with Crippen molar-refractivity contribution in [3.8, 4) is 11.5 Å². The molecule has 8 heteroatoms. The highest BCUT2D eigenvalue weighted by Crippen LogP contribution is 2.47. The molecule has 7 rings (SSSR count). The highest BCUT2D eigenvalue weighted by molar-refractivity contribution is 6.34. The van der Waals surface area contributed by atoms with E-state index in [0.717, 1.165) is 0 Å². The number of ether oxygens (including phenoxy) is 2. The predicted octanol–water partition coefficient (Wildman–Crippen LogP) is 4.77. The number of esters is 2. The molecule has 0 amide bonds. The highest BCUT2D eigenvalue weighted by atomic mass is 16.5. The molecule has 0 atom stereocenters. The summed E-state index contributed by atoms with van der Waals surface area (Å²) in [7, 11) is 0. The van der Waals surface area contributed by atoms with Crippen LogP contribution in [0.15, 0.2) is 92.0 Å². The van der Waals surface area contributed by atoms with Crippen molar-refractivity contribution in [2.75, 3.05) is 0 Å². The minimum atomic E-state index is -0.726. The first-order valence-electron chi connectivity index (χ1n) is 13.0. The number of benzene rings is 7. The van der Waals surface area contributed by atoms with E-state index >= 15 is 0 Å². The number of hydrogen-bond donors (Lipinski definition) is 0. The van der Waals surface area contributed by atoms with E-state index in [1.54, 1.807) is 48.5 Å². The van der Waals surface area contributed by atoms with Gasteiger partial charge in [0.05, 0.1) is 0 Å². The molecule has 0 N–H and O–H groups in total. The van der Waals surface area contributed by atoms with Crippen LogP contribution in [-0.2, 0) is 9.59 Å². The van der Waals surface area contributed by atoms with Gasteiger partial charge in [-0.25, -0.2) is 0 Å². The van der Waals surface area contributed by atoms with Gasteiger partial charge in [-0.15, -0.1) is 0 Å². The normalized spacial score (nSPS) is 11.7. The number of carbonyl (C=O) groups excluding carboxylic acids is 2. The monoisotopic (exact) mass is 554 g/mol. The minimum absolute atomic E-state index is 0.0673. The summed E-state index contributed by atoms with van der Waals surface area (Å²) in [5, 5.41) is -0.143. The Kier molecular flexibility index (Phi) is 5.33. The number of carbonyl (C=O) groups is 2. The lowest BCUT2D eigenvalue weighted by atomic mass is 9.87. The summed E-state index contributed by atoms with van der Waals surface area (Å²) in [6.45, 7) is 2.36. The molecular formula is C34H18O8. The van der Waals surface area contributed by atoms with Crippen molar-refractivity contribution in [1.82, 2.24) is 0 Å². The van der Waals surface area contributed by atoms with Crippen LogP contribution < -0.4 is 31.2 Å². The third kappa shape index (κ3) is 3.29. The van der Waals surface area contributed by atoms with E-state index in [1.807, 2.05) is 0 Å². The van der Waals surface area contributed by atoms with Gasteiger partial charge in [0, 0.05) is 78.5 Å². The quantitative estimate of drug-likeness (QED) is 0.130. The van der Waals surface area contributed by atoms with Crippen molar-refractivity contribution < 1.29 is 19.1 Å². The zero-order valence-electron chi connectivity index (χ0n) is 22.2. The van der Waals surface area contributed by atoms with Crippen LogP contribution in [0.5, 0.6) is 11.5 Å². The third-order valence-corrected chi connectivity index (χ3v) is 7.60. The fourth-order valence-electron chi connectivity index (χ4n) is 6.06. The van der Waals surface area contributed by atoms with Crippen LogP contribution in [0.1, 0.15) is 13.8 Å². The maximum atomic E-state index is 14.3. The van der Waals surface area contributed by atoms with Crippen molar-refractivity contribution in [3.63, 3.8) is 0 Å². The second-order valence-corrected chi connectivity index (χ2v) is 10.0. The molecule has 0 fully saturated rings. The van der Waals surface area contributed by atoms with Crippen LogP contribution in [-0.4, -0.2) is 11.9 Å². The van der Waals surface area contributed by atoms with Crippen LogP contribution in [0.2, 0.25) is 0 Å². The third-order valence-electron chi connectivity index (χ3n) is 7.60. The van der Waals surface area contributed by atoms with E-state index in [9.17, 15) is 28.8 Å². The Morgan fingerprint density at radius 1 is 0.405 bits per heavy atom.